The van der Waals surface area contributed by atoms with Crippen molar-refractivity contribution in [3.05, 3.63) is 11.6 Å². The van der Waals surface area contributed by atoms with Gasteiger partial charge in [-0.1, -0.05) is 47.1 Å². The number of rotatable bonds is 1. The number of carboxylic acid groups (broad SMARTS) is 1. The van der Waals surface area contributed by atoms with E-state index in [4.69, 9.17) is 0 Å². The highest BCUT2D eigenvalue weighted by atomic mass is 16.4. The number of Topliss-reactive ketones (excluding diaryl/α,β-unsaturated/α-hetero) is 1. The lowest BCUT2D eigenvalue weighted by Crippen LogP contribution is -2.72. The number of fused-ring (bicyclic) bond motifs is 7. The fourth-order valence-electron chi connectivity index (χ4n) is 10.1. The van der Waals surface area contributed by atoms with E-state index in [0.29, 0.717) is 38.5 Å². The number of carboxylic acids is 1. The molecule has 36 heavy (non-hydrogen) atoms. The summed E-state index contributed by atoms with van der Waals surface area (Å²) in [4.78, 5) is 40.8. The van der Waals surface area contributed by atoms with E-state index in [9.17, 15) is 29.7 Å². The monoisotopic (exact) mass is 500 g/mol. The molecule has 4 fully saturated rings. The molecule has 5 aliphatic carbocycles. The largest absolute Gasteiger partial charge is 0.481 e. The van der Waals surface area contributed by atoms with E-state index >= 15 is 0 Å². The van der Waals surface area contributed by atoms with E-state index in [-0.39, 0.29) is 35.2 Å². The second-order valence-electron chi connectivity index (χ2n) is 14.9. The predicted molar refractivity (Wildman–Crippen MR) is 135 cm³/mol. The van der Waals surface area contributed by atoms with Crippen LogP contribution in [0.15, 0.2) is 11.6 Å². The summed E-state index contributed by atoms with van der Waals surface area (Å²) in [6.07, 6.45) is 4.04. The molecule has 0 radical (unpaired) electrons. The fraction of sp³-hybridized carbons (Fsp3) is 0.833. The van der Waals surface area contributed by atoms with Crippen LogP contribution in [-0.2, 0) is 14.4 Å². The Kier molecular flexibility index (Phi) is 5.30. The van der Waals surface area contributed by atoms with Gasteiger partial charge < -0.3 is 15.3 Å². The molecule has 4 saturated carbocycles. The molecule has 3 N–H and O–H groups in total. The number of hydrogen-bond donors (Lipinski definition) is 3. The molecule has 5 rings (SSSR count). The molecule has 0 saturated heterocycles. The van der Waals surface area contributed by atoms with E-state index in [1.807, 2.05) is 27.7 Å². The Bertz CT molecular complexity index is 1080. The summed E-state index contributed by atoms with van der Waals surface area (Å²) in [6, 6.07) is 0. The predicted octanol–water partition coefficient (Wildman–Crippen LogP) is 4.56. The molecule has 0 aromatic heterocycles. The van der Waals surface area contributed by atoms with Gasteiger partial charge >= 0.3 is 5.97 Å². The zero-order chi connectivity index (χ0) is 26.9. The minimum Gasteiger partial charge on any atom is -0.481 e. The summed E-state index contributed by atoms with van der Waals surface area (Å²) >= 11 is 0. The van der Waals surface area contributed by atoms with Crippen LogP contribution in [-0.4, -0.2) is 45.1 Å². The van der Waals surface area contributed by atoms with Crippen molar-refractivity contribution >= 4 is 17.5 Å². The van der Waals surface area contributed by atoms with Crippen LogP contribution < -0.4 is 0 Å². The third-order valence-electron chi connectivity index (χ3n) is 12.9. The van der Waals surface area contributed by atoms with Crippen LogP contribution in [0.5, 0.6) is 0 Å². The lowest BCUT2D eigenvalue weighted by molar-refractivity contribution is -0.215. The van der Waals surface area contributed by atoms with Crippen molar-refractivity contribution in [2.45, 2.75) is 106 Å². The number of aliphatic carboxylic acids is 1. The van der Waals surface area contributed by atoms with E-state index < -0.39 is 51.2 Å². The SMILES string of the molecule is CC1(C(=O)O)CCC2(C)CC(O)C3(C)C(=CC(=O)C4C5(C)CCC(O)C(C)(C)C5CC(=O)C43C)C2C1. The third kappa shape index (κ3) is 2.84. The van der Waals surface area contributed by atoms with Gasteiger partial charge in [0.2, 0.25) is 0 Å². The Hall–Kier alpha value is -1.53. The number of ketones is 2. The normalized spacial score (nSPS) is 53.9. The first-order valence-electron chi connectivity index (χ1n) is 13.8. The molecule has 200 valence electrons. The number of carbonyl (C=O) groups is 3. The van der Waals surface area contributed by atoms with Gasteiger partial charge in [-0.3, -0.25) is 14.4 Å². The van der Waals surface area contributed by atoms with Crippen LogP contribution in [0.3, 0.4) is 0 Å². The van der Waals surface area contributed by atoms with Crippen LogP contribution >= 0.6 is 0 Å². The van der Waals surface area contributed by atoms with Gasteiger partial charge in [-0.25, -0.2) is 0 Å². The molecule has 6 nitrogen and oxygen atoms in total. The van der Waals surface area contributed by atoms with Crippen molar-refractivity contribution in [1.82, 2.24) is 0 Å². The van der Waals surface area contributed by atoms with Gasteiger partial charge in [0.1, 0.15) is 5.78 Å². The van der Waals surface area contributed by atoms with Gasteiger partial charge in [0.05, 0.1) is 17.6 Å². The molecular weight excluding hydrogens is 456 g/mol. The van der Waals surface area contributed by atoms with E-state index in [2.05, 4.69) is 13.8 Å². The minimum absolute atomic E-state index is 0.00180. The lowest BCUT2D eigenvalue weighted by Gasteiger charge is -2.70. The minimum atomic E-state index is -1.09. The second-order valence-corrected chi connectivity index (χ2v) is 14.9. The highest BCUT2D eigenvalue weighted by Crippen LogP contribution is 2.74. The highest BCUT2D eigenvalue weighted by Gasteiger charge is 2.75. The van der Waals surface area contributed by atoms with Gasteiger partial charge in [0, 0.05) is 23.2 Å². The molecule has 5 aliphatic rings. The second kappa shape index (κ2) is 7.31. The molecule has 0 heterocycles. The average Bonchev–Trinajstić information content (AvgIpc) is 2.77. The maximum atomic E-state index is 14.3. The molecule has 0 bridgehead atoms. The molecular formula is C30H44O6. The Morgan fingerprint density at radius 1 is 0.889 bits per heavy atom. The van der Waals surface area contributed by atoms with Crippen molar-refractivity contribution in [2.24, 2.45) is 50.2 Å². The summed E-state index contributed by atoms with van der Waals surface area (Å²) in [5.41, 5.74) is -3.42. The van der Waals surface area contributed by atoms with Crippen molar-refractivity contribution in [2.75, 3.05) is 0 Å². The van der Waals surface area contributed by atoms with Crippen molar-refractivity contribution in [1.29, 1.82) is 0 Å². The molecule has 0 spiro atoms. The van der Waals surface area contributed by atoms with Crippen LogP contribution in [0, 0.1) is 50.2 Å². The number of carbonyl (C=O) groups excluding carboxylic acids is 2. The highest BCUT2D eigenvalue weighted by molar-refractivity contribution is 6.03. The van der Waals surface area contributed by atoms with Crippen LogP contribution in [0.1, 0.15) is 93.4 Å². The standard InChI is InChI=1S/C30H44O6/c1-25(2)19-13-21(33)30(7)23(28(19,5)9-8-20(25)32)18(31)12-16-17-14-27(4,24(35)36)11-10-26(17,3)15-22(34)29(16,30)6/h12,17,19-20,22-23,32,34H,8-11,13-15H2,1-7H3,(H,35,36). The first-order chi connectivity index (χ1) is 16.4. The first kappa shape index (κ1) is 26.1. The summed E-state index contributed by atoms with van der Waals surface area (Å²) in [6.45, 7) is 14.0. The van der Waals surface area contributed by atoms with E-state index in [1.54, 1.807) is 13.0 Å². The zero-order valence-corrected chi connectivity index (χ0v) is 23.0. The Labute approximate surface area is 214 Å². The molecule has 6 heteroatoms. The van der Waals surface area contributed by atoms with Crippen LogP contribution in [0.25, 0.3) is 0 Å². The topological polar surface area (TPSA) is 112 Å². The number of aliphatic hydroxyl groups is 2. The lowest BCUT2D eigenvalue weighted by atomic mass is 9.32. The molecule has 0 aliphatic heterocycles. The Balaban J connectivity index is 1.70. The molecule has 0 aromatic rings. The van der Waals surface area contributed by atoms with Crippen molar-refractivity contribution in [3.8, 4) is 0 Å². The van der Waals surface area contributed by atoms with Crippen molar-refractivity contribution in [3.63, 3.8) is 0 Å². The average molecular weight is 501 g/mol. The third-order valence-corrected chi connectivity index (χ3v) is 12.9. The number of allylic oxidation sites excluding steroid dienone is 1. The molecule has 10 unspecified atom stereocenters. The summed E-state index contributed by atoms with van der Waals surface area (Å²) in [5, 5.41) is 32.8. The zero-order valence-electron chi connectivity index (χ0n) is 23.0. The quantitative estimate of drug-likeness (QED) is 0.487. The van der Waals surface area contributed by atoms with E-state index in [0.717, 1.165) is 5.57 Å². The number of aliphatic hydroxyl groups excluding tert-OH is 2. The molecule has 10 atom stereocenters. The Morgan fingerprint density at radius 3 is 2.14 bits per heavy atom. The summed E-state index contributed by atoms with van der Waals surface area (Å²) < 4.78 is 0. The smallest absolute Gasteiger partial charge is 0.309 e. The van der Waals surface area contributed by atoms with Gasteiger partial charge in [-0.2, -0.15) is 0 Å². The van der Waals surface area contributed by atoms with Crippen LogP contribution in [0.4, 0.5) is 0 Å². The maximum Gasteiger partial charge on any atom is 0.309 e. The van der Waals surface area contributed by atoms with Gasteiger partial charge in [0.15, 0.2) is 5.78 Å². The fourth-order valence-corrected chi connectivity index (χ4v) is 10.1. The van der Waals surface area contributed by atoms with E-state index in [1.165, 1.54) is 0 Å². The Morgan fingerprint density at radius 2 is 1.53 bits per heavy atom. The van der Waals surface area contributed by atoms with Crippen molar-refractivity contribution < 1.29 is 29.7 Å². The summed E-state index contributed by atoms with van der Waals surface area (Å²) in [7, 11) is 0. The number of hydrogen-bond acceptors (Lipinski definition) is 5. The molecule has 0 aromatic carbocycles. The summed E-state index contributed by atoms with van der Waals surface area (Å²) in [5.74, 6) is -1.76. The molecule has 0 amide bonds. The van der Waals surface area contributed by atoms with Gasteiger partial charge in [-0.05, 0) is 79.6 Å². The maximum absolute atomic E-state index is 14.3. The van der Waals surface area contributed by atoms with Crippen LogP contribution in [0.2, 0.25) is 0 Å². The first-order valence-corrected chi connectivity index (χ1v) is 13.8. The van der Waals surface area contributed by atoms with Gasteiger partial charge in [0.25, 0.3) is 0 Å². The van der Waals surface area contributed by atoms with Gasteiger partial charge in [-0.15, -0.1) is 0 Å².